The number of hydrogen-bond donors (Lipinski definition) is 1. The largest absolute Gasteiger partial charge is 0.451 e. The number of amides is 1. The summed E-state index contributed by atoms with van der Waals surface area (Å²) >= 11 is 6.12. The molecule has 5 heteroatoms. The summed E-state index contributed by atoms with van der Waals surface area (Å²) in [6, 6.07) is 17.7. The predicted molar refractivity (Wildman–Crippen MR) is 93.0 cm³/mol. The van der Waals surface area contributed by atoms with Crippen LogP contribution in [-0.2, 0) is 0 Å². The van der Waals surface area contributed by atoms with Gasteiger partial charge >= 0.3 is 0 Å². The molecule has 0 aliphatic rings. The Kier molecular flexibility index (Phi) is 4.37. The van der Waals surface area contributed by atoms with Crippen molar-refractivity contribution in [3.05, 3.63) is 76.5 Å². The van der Waals surface area contributed by atoms with Crippen LogP contribution >= 0.6 is 11.6 Å². The Hall–Kier alpha value is -3.03. The highest BCUT2D eigenvalue weighted by Gasteiger charge is 2.15. The van der Waals surface area contributed by atoms with Crippen molar-refractivity contribution >= 4 is 23.2 Å². The highest BCUT2D eigenvalue weighted by molar-refractivity contribution is 6.31. The van der Waals surface area contributed by atoms with Gasteiger partial charge < -0.3 is 9.73 Å². The Labute approximate surface area is 144 Å². The maximum atomic E-state index is 12.3. The van der Waals surface area contributed by atoms with E-state index in [1.807, 2.05) is 25.1 Å². The van der Waals surface area contributed by atoms with E-state index in [9.17, 15) is 4.79 Å². The minimum atomic E-state index is -0.413. The first-order valence-corrected chi connectivity index (χ1v) is 7.63. The van der Waals surface area contributed by atoms with Gasteiger partial charge in [-0.25, -0.2) is 0 Å². The molecule has 0 bridgehead atoms. The number of carbonyl (C=O) groups is 1. The average molecular weight is 337 g/mol. The highest BCUT2D eigenvalue weighted by atomic mass is 35.5. The molecular formula is C19H13ClN2O2. The third kappa shape index (κ3) is 3.03. The quantitative estimate of drug-likeness (QED) is 0.729. The Morgan fingerprint density at radius 2 is 1.92 bits per heavy atom. The molecule has 1 heterocycles. The lowest BCUT2D eigenvalue weighted by Crippen LogP contribution is -2.11. The van der Waals surface area contributed by atoms with Crippen LogP contribution in [0.4, 0.5) is 5.69 Å². The number of rotatable bonds is 3. The third-order valence-corrected chi connectivity index (χ3v) is 4.07. The maximum Gasteiger partial charge on any atom is 0.291 e. The number of anilines is 1. The predicted octanol–water partition coefficient (Wildman–Crippen LogP) is 5.03. The zero-order valence-electron chi connectivity index (χ0n) is 12.8. The van der Waals surface area contributed by atoms with Crippen LogP contribution in [0.3, 0.4) is 0 Å². The molecule has 0 fully saturated rings. The van der Waals surface area contributed by atoms with E-state index in [-0.39, 0.29) is 5.76 Å². The lowest BCUT2D eigenvalue weighted by molar-refractivity contribution is 0.0997. The topological polar surface area (TPSA) is 66.0 Å². The van der Waals surface area contributed by atoms with Gasteiger partial charge in [0.05, 0.1) is 11.3 Å². The first-order valence-electron chi connectivity index (χ1n) is 7.26. The van der Waals surface area contributed by atoms with Gasteiger partial charge in [0.1, 0.15) is 11.8 Å². The fourth-order valence-corrected chi connectivity index (χ4v) is 2.53. The molecule has 0 radical (unpaired) electrons. The van der Waals surface area contributed by atoms with E-state index in [1.54, 1.807) is 42.5 Å². The Balaban J connectivity index is 1.87. The molecule has 3 aromatic rings. The second-order valence-electron chi connectivity index (χ2n) is 5.19. The van der Waals surface area contributed by atoms with Crippen LogP contribution in [0, 0.1) is 18.3 Å². The Morgan fingerprint density at radius 3 is 2.71 bits per heavy atom. The smallest absolute Gasteiger partial charge is 0.291 e. The summed E-state index contributed by atoms with van der Waals surface area (Å²) in [5.74, 6) is 0.314. The summed E-state index contributed by atoms with van der Waals surface area (Å²) in [4.78, 5) is 12.3. The Morgan fingerprint density at radius 1 is 1.12 bits per heavy atom. The molecule has 0 atom stereocenters. The SMILES string of the molecule is Cc1c(Cl)cccc1-c1ccc(C(=O)Nc2ccccc2C#N)o1. The van der Waals surface area contributed by atoms with Crippen molar-refractivity contribution < 1.29 is 9.21 Å². The van der Waals surface area contributed by atoms with Crippen LogP contribution in [0.25, 0.3) is 11.3 Å². The summed E-state index contributed by atoms with van der Waals surface area (Å²) in [6.07, 6.45) is 0. The molecule has 0 saturated carbocycles. The number of carbonyl (C=O) groups excluding carboxylic acids is 1. The number of benzene rings is 2. The van der Waals surface area contributed by atoms with Crippen LogP contribution in [0.2, 0.25) is 5.02 Å². The molecule has 0 aliphatic carbocycles. The summed E-state index contributed by atoms with van der Waals surface area (Å²) < 4.78 is 5.66. The van der Waals surface area contributed by atoms with Gasteiger partial charge in [0.15, 0.2) is 5.76 Å². The summed E-state index contributed by atoms with van der Waals surface area (Å²) in [7, 11) is 0. The molecule has 4 nitrogen and oxygen atoms in total. The molecule has 118 valence electrons. The van der Waals surface area contributed by atoms with Crippen LogP contribution < -0.4 is 5.32 Å². The van der Waals surface area contributed by atoms with Crippen molar-refractivity contribution in [2.45, 2.75) is 6.92 Å². The monoisotopic (exact) mass is 336 g/mol. The minimum Gasteiger partial charge on any atom is -0.451 e. The summed E-state index contributed by atoms with van der Waals surface area (Å²) in [6.45, 7) is 1.89. The van der Waals surface area contributed by atoms with E-state index >= 15 is 0 Å². The first kappa shape index (κ1) is 15.9. The second-order valence-corrected chi connectivity index (χ2v) is 5.60. The number of para-hydroxylation sites is 1. The molecule has 0 aliphatic heterocycles. The molecular weight excluding hydrogens is 324 g/mol. The second kappa shape index (κ2) is 6.61. The minimum absolute atomic E-state index is 0.164. The fraction of sp³-hybridized carbons (Fsp3) is 0.0526. The number of nitrogens with zero attached hydrogens (tertiary/aromatic N) is 1. The lowest BCUT2D eigenvalue weighted by atomic mass is 10.1. The van der Waals surface area contributed by atoms with Crippen LogP contribution in [-0.4, -0.2) is 5.91 Å². The van der Waals surface area contributed by atoms with Crippen molar-refractivity contribution in [2.24, 2.45) is 0 Å². The van der Waals surface area contributed by atoms with Gasteiger partial charge in [-0.05, 0) is 42.8 Å². The van der Waals surface area contributed by atoms with Crippen LogP contribution in [0.1, 0.15) is 21.7 Å². The zero-order chi connectivity index (χ0) is 17.1. The number of nitriles is 1. The van der Waals surface area contributed by atoms with E-state index < -0.39 is 5.91 Å². The molecule has 2 aromatic carbocycles. The van der Waals surface area contributed by atoms with Crippen LogP contribution in [0.5, 0.6) is 0 Å². The number of hydrogen-bond acceptors (Lipinski definition) is 3. The fourth-order valence-electron chi connectivity index (χ4n) is 2.35. The Bertz CT molecular complexity index is 954. The van der Waals surface area contributed by atoms with Crippen molar-refractivity contribution in [3.63, 3.8) is 0 Å². The molecule has 1 aromatic heterocycles. The summed E-state index contributed by atoms with van der Waals surface area (Å²) in [5, 5.41) is 12.4. The average Bonchev–Trinajstić information content (AvgIpc) is 3.08. The summed E-state index contributed by atoms with van der Waals surface area (Å²) in [5.41, 5.74) is 2.56. The molecule has 3 rings (SSSR count). The molecule has 0 unspecified atom stereocenters. The number of furan rings is 1. The molecule has 1 amide bonds. The van der Waals surface area contributed by atoms with Crippen molar-refractivity contribution in [1.82, 2.24) is 0 Å². The standard InChI is InChI=1S/C19H13ClN2O2/c1-12-14(6-4-7-15(12)20)17-9-10-18(24-17)19(23)22-16-8-3-2-5-13(16)11-21/h2-10H,1H3,(H,22,23). The van der Waals surface area contributed by atoms with Crippen molar-refractivity contribution in [3.8, 4) is 17.4 Å². The van der Waals surface area contributed by atoms with E-state index in [0.717, 1.165) is 11.1 Å². The van der Waals surface area contributed by atoms with Crippen molar-refractivity contribution in [1.29, 1.82) is 5.26 Å². The van der Waals surface area contributed by atoms with Gasteiger partial charge in [0.2, 0.25) is 0 Å². The van der Waals surface area contributed by atoms with Crippen molar-refractivity contribution in [2.75, 3.05) is 5.32 Å². The van der Waals surface area contributed by atoms with Gasteiger partial charge in [0.25, 0.3) is 5.91 Å². The molecule has 0 spiro atoms. The van der Waals surface area contributed by atoms with Gasteiger partial charge in [0, 0.05) is 10.6 Å². The zero-order valence-corrected chi connectivity index (χ0v) is 13.6. The van der Waals surface area contributed by atoms with Gasteiger partial charge in [-0.3, -0.25) is 4.79 Å². The number of nitrogens with one attached hydrogen (secondary N) is 1. The van der Waals surface area contributed by atoms with Crippen LogP contribution in [0.15, 0.2) is 59.0 Å². The van der Waals surface area contributed by atoms with E-state index in [2.05, 4.69) is 5.32 Å². The maximum absolute atomic E-state index is 12.3. The molecule has 24 heavy (non-hydrogen) atoms. The third-order valence-electron chi connectivity index (χ3n) is 3.66. The first-order chi connectivity index (χ1) is 11.6. The van der Waals surface area contributed by atoms with Gasteiger partial charge in [-0.1, -0.05) is 35.9 Å². The normalized spacial score (nSPS) is 10.2. The van der Waals surface area contributed by atoms with E-state index in [0.29, 0.717) is 22.0 Å². The highest BCUT2D eigenvalue weighted by Crippen LogP contribution is 2.30. The van der Waals surface area contributed by atoms with Gasteiger partial charge in [-0.15, -0.1) is 0 Å². The molecule has 0 saturated heterocycles. The number of halogens is 1. The van der Waals surface area contributed by atoms with E-state index in [1.165, 1.54) is 0 Å². The van der Waals surface area contributed by atoms with Gasteiger partial charge in [-0.2, -0.15) is 5.26 Å². The van der Waals surface area contributed by atoms with E-state index in [4.69, 9.17) is 21.3 Å². The lowest BCUT2D eigenvalue weighted by Gasteiger charge is -2.06. The molecule has 1 N–H and O–H groups in total.